The van der Waals surface area contributed by atoms with Crippen LogP contribution in [-0.4, -0.2) is 30.7 Å². The minimum Gasteiger partial charge on any atom is -0.326 e. The van der Waals surface area contributed by atoms with Gasteiger partial charge in [0.15, 0.2) is 0 Å². The second kappa shape index (κ2) is 7.31. The van der Waals surface area contributed by atoms with E-state index in [2.05, 4.69) is 4.72 Å². The lowest BCUT2D eigenvalue weighted by atomic mass is 10.1. The third-order valence-electron chi connectivity index (χ3n) is 3.19. The lowest BCUT2D eigenvalue weighted by Gasteiger charge is -2.12. The highest BCUT2D eigenvalue weighted by Gasteiger charge is 2.17. The van der Waals surface area contributed by atoms with Crippen molar-refractivity contribution in [2.75, 3.05) is 12.8 Å². The number of aryl methyl sites for hydroxylation is 1. The number of hydrogen-bond donors (Lipinski definition) is 2. The zero-order valence-electron chi connectivity index (χ0n) is 12.0. The van der Waals surface area contributed by atoms with Gasteiger partial charge in [0.05, 0.1) is 4.90 Å². The first kappa shape index (κ1) is 17.3. The predicted molar refractivity (Wildman–Crippen MR) is 82.4 cm³/mol. The molecule has 7 heteroatoms. The minimum absolute atomic E-state index is 0.0332. The number of nitrogens with one attached hydrogen (secondary N) is 1. The Morgan fingerprint density at radius 2 is 2.05 bits per heavy atom. The smallest absolute Gasteiger partial charge is 0.240 e. The Kier molecular flexibility index (Phi) is 6.32. The molecule has 114 valence electrons. The Morgan fingerprint density at radius 3 is 2.60 bits per heavy atom. The van der Waals surface area contributed by atoms with Crippen LogP contribution in [0.3, 0.4) is 0 Å². The van der Waals surface area contributed by atoms with Gasteiger partial charge in [-0.3, -0.25) is 4.21 Å². The van der Waals surface area contributed by atoms with Gasteiger partial charge in [0, 0.05) is 35.4 Å². The van der Waals surface area contributed by atoms with Gasteiger partial charge in [0.25, 0.3) is 0 Å². The Morgan fingerprint density at radius 1 is 1.40 bits per heavy atom. The molecular weight excluding hydrogens is 296 g/mol. The van der Waals surface area contributed by atoms with Crippen molar-refractivity contribution < 1.29 is 12.6 Å². The van der Waals surface area contributed by atoms with Gasteiger partial charge in [-0.1, -0.05) is 19.1 Å². The molecule has 0 aromatic heterocycles. The summed E-state index contributed by atoms with van der Waals surface area (Å²) in [5, 5.41) is -0.0332. The van der Waals surface area contributed by atoms with Crippen LogP contribution in [0.1, 0.15) is 24.5 Å². The van der Waals surface area contributed by atoms with E-state index in [4.69, 9.17) is 5.73 Å². The molecule has 0 saturated carbocycles. The molecule has 5 nitrogen and oxygen atoms in total. The minimum atomic E-state index is -3.55. The molecule has 20 heavy (non-hydrogen) atoms. The standard InChI is InChI=1S/C13H22N2O3S2/c1-10-4-5-12(9-14)8-13(10)20(17,18)15-7-6-11(2)19(3)16/h4-5,8,11,15H,6-7,9,14H2,1-3H3. The van der Waals surface area contributed by atoms with Gasteiger partial charge in [-0.2, -0.15) is 0 Å². The van der Waals surface area contributed by atoms with Crippen molar-refractivity contribution in [2.24, 2.45) is 5.73 Å². The van der Waals surface area contributed by atoms with Crippen molar-refractivity contribution in [3.8, 4) is 0 Å². The van der Waals surface area contributed by atoms with Crippen molar-refractivity contribution in [1.82, 2.24) is 4.72 Å². The summed E-state index contributed by atoms with van der Waals surface area (Å²) < 4.78 is 38.3. The second-order valence-electron chi connectivity index (χ2n) is 4.80. The van der Waals surface area contributed by atoms with Gasteiger partial charge in [-0.15, -0.1) is 0 Å². The van der Waals surface area contributed by atoms with Gasteiger partial charge < -0.3 is 5.73 Å². The van der Waals surface area contributed by atoms with Crippen LogP contribution in [0.2, 0.25) is 0 Å². The highest BCUT2D eigenvalue weighted by Crippen LogP contribution is 2.17. The average Bonchev–Trinajstić information content (AvgIpc) is 2.38. The monoisotopic (exact) mass is 318 g/mol. The Balaban J connectivity index is 2.81. The summed E-state index contributed by atoms with van der Waals surface area (Å²) in [6.45, 7) is 4.16. The second-order valence-corrected chi connectivity index (χ2v) is 8.34. The number of sulfonamides is 1. The molecule has 0 aliphatic carbocycles. The van der Waals surface area contributed by atoms with Crippen molar-refractivity contribution >= 4 is 20.8 Å². The fourth-order valence-electron chi connectivity index (χ4n) is 1.70. The normalized spacial score (nSPS) is 15.0. The highest BCUT2D eigenvalue weighted by molar-refractivity contribution is 7.89. The number of rotatable bonds is 7. The van der Waals surface area contributed by atoms with E-state index in [9.17, 15) is 12.6 Å². The fourth-order valence-corrected chi connectivity index (χ4v) is 3.49. The summed E-state index contributed by atoms with van der Waals surface area (Å²) in [6.07, 6.45) is 2.16. The van der Waals surface area contributed by atoms with Gasteiger partial charge >= 0.3 is 0 Å². The van der Waals surface area contributed by atoms with Crippen LogP contribution in [0.5, 0.6) is 0 Å². The SMILES string of the molecule is Cc1ccc(CN)cc1S(=O)(=O)NCCC(C)S(C)=O. The Labute approximate surface area is 123 Å². The fraction of sp³-hybridized carbons (Fsp3) is 0.538. The van der Waals surface area contributed by atoms with Crippen LogP contribution in [0.15, 0.2) is 23.1 Å². The summed E-state index contributed by atoms with van der Waals surface area (Å²) in [5.41, 5.74) is 7.00. The number of hydrogen-bond acceptors (Lipinski definition) is 4. The maximum atomic E-state index is 12.2. The molecule has 0 aliphatic heterocycles. The van der Waals surface area contributed by atoms with E-state index in [0.717, 1.165) is 5.56 Å². The predicted octanol–water partition coefficient (Wildman–Crippen LogP) is 0.889. The first-order chi connectivity index (χ1) is 9.27. The molecule has 0 spiro atoms. The third kappa shape index (κ3) is 4.66. The molecule has 1 aromatic rings. The van der Waals surface area contributed by atoms with E-state index >= 15 is 0 Å². The van der Waals surface area contributed by atoms with E-state index in [1.165, 1.54) is 0 Å². The molecule has 0 heterocycles. The van der Waals surface area contributed by atoms with Crippen molar-refractivity contribution in [2.45, 2.75) is 37.0 Å². The molecule has 2 atom stereocenters. The van der Waals surface area contributed by atoms with Gasteiger partial charge in [-0.05, 0) is 30.5 Å². The number of benzene rings is 1. The van der Waals surface area contributed by atoms with Crippen LogP contribution < -0.4 is 10.5 Å². The summed E-state index contributed by atoms with van der Waals surface area (Å²) in [6, 6.07) is 5.16. The maximum Gasteiger partial charge on any atom is 0.240 e. The van der Waals surface area contributed by atoms with Gasteiger partial charge in [0.1, 0.15) is 0 Å². The van der Waals surface area contributed by atoms with Crippen LogP contribution in [0.4, 0.5) is 0 Å². The van der Waals surface area contributed by atoms with Crippen LogP contribution in [-0.2, 0) is 27.4 Å². The third-order valence-corrected chi connectivity index (χ3v) is 6.16. The average molecular weight is 318 g/mol. The van der Waals surface area contributed by atoms with Crippen LogP contribution in [0.25, 0.3) is 0 Å². The number of nitrogens with two attached hydrogens (primary N) is 1. The molecule has 0 aliphatic rings. The zero-order valence-corrected chi connectivity index (χ0v) is 13.7. The van der Waals surface area contributed by atoms with E-state index < -0.39 is 20.8 Å². The molecule has 0 fully saturated rings. The lowest BCUT2D eigenvalue weighted by molar-refractivity contribution is 0.577. The zero-order chi connectivity index (χ0) is 15.3. The van der Waals surface area contributed by atoms with Crippen molar-refractivity contribution in [1.29, 1.82) is 0 Å². The first-order valence-electron chi connectivity index (χ1n) is 6.39. The lowest BCUT2D eigenvalue weighted by Crippen LogP contribution is -2.28. The van der Waals surface area contributed by atoms with E-state index in [1.54, 1.807) is 25.3 Å². The van der Waals surface area contributed by atoms with Crippen molar-refractivity contribution in [3.05, 3.63) is 29.3 Å². The largest absolute Gasteiger partial charge is 0.326 e. The molecule has 1 aromatic carbocycles. The molecule has 0 saturated heterocycles. The molecule has 1 rings (SSSR count). The van der Waals surface area contributed by atoms with E-state index in [-0.39, 0.29) is 16.7 Å². The van der Waals surface area contributed by atoms with E-state index in [1.807, 2.05) is 13.0 Å². The van der Waals surface area contributed by atoms with Gasteiger partial charge in [0.2, 0.25) is 10.0 Å². The van der Waals surface area contributed by atoms with Gasteiger partial charge in [-0.25, -0.2) is 13.1 Å². The summed E-state index contributed by atoms with van der Waals surface area (Å²) in [5.74, 6) is 0. The molecule has 3 N–H and O–H groups in total. The topological polar surface area (TPSA) is 89.3 Å². The Hall–Kier alpha value is -0.760. The molecule has 2 unspecified atom stereocenters. The highest BCUT2D eigenvalue weighted by atomic mass is 32.2. The molecular formula is C13H22N2O3S2. The Bertz CT molecular complexity index is 585. The quantitative estimate of drug-likeness (QED) is 0.781. The molecule has 0 radical (unpaired) electrons. The summed E-state index contributed by atoms with van der Waals surface area (Å²) in [7, 11) is -4.49. The molecule has 0 amide bonds. The maximum absolute atomic E-state index is 12.2. The summed E-state index contributed by atoms with van der Waals surface area (Å²) in [4.78, 5) is 0.255. The first-order valence-corrected chi connectivity index (χ1v) is 9.50. The van der Waals surface area contributed by atoms with E-state index in [0.29, 0.717) is 18.5 Å². The van der Waals surface area contributed by atoms with Crippen molar-refractivity contribution in [3.63, 3.8) is 0 Å². The van der Waals surface area contributed by atoms with Crippen LogP contribution >= 0.6 is 0 Å². The molecule has 0 bridgehead atoms. The van der Waals surface area contributed by atoms with Crippen LogP contribution in [0, 0.1) is 6.92 Å². The summed E-state index contributed by atoms with van der Waals surface area (Å²) >= 11 is 0.